The van der Waals surface area contributed by atoms with Gasteiger partial charge in [0.05, 0.1) is 17.2 Å². The van der Waals surface area contributed by atoms with Crippen molar-refractivity contribution < 1.29 is 22.7 Å². The van der Waals surface area contributed by atoms with Crippen molar-refractivity contribution in [3.8, 4) is 5.75 Å². The van der Waals surface area contributed by atoms with Gasteiger partial charge >= 0.3 is 0 Å². The van der Waals surface area contributed by atoms with Crippen LogP contribution in [0.15, 0.2) is 119 Å². The molecule has 1 N–H and O–H groups in total. The largest absolute Gasteiger partial charge is 0.494 e. The van der Waals surface area contributed by atoms with Crippen molar-refractivity contribution in [1.82, 2.24) is 10.2 Å². The van der Waals surface area contributed by atoms with Gasteiger partial charge in [-0.2, -0.15) is 0 Å². The van der Waals surface area contributed by atoms with Crippen molar-refractivity contribution in [3.63, 3.8) is 0 Å². The summed E-state index contributed by atoms with van der Waals surface area (Å²) in [6.45, 7) is 6.32. The molecule has 242 valence electrons. The van der Waals surface area contributed by atoms with Crippen LogP contribution in [0.3, 0.4) is 0 Å². The molecular weight excluding hydrogens is 666 g/mol. The summed E-state index contributed by atoms with van der Waals surface area (Å²) in [6, 6.07) is 30.7. The monoisotopic (exact) mass is 705 g/mol. The van der Waals surface area contributed by atoms with Gasteiger partial charge in [0.15, 0.2) is 0 Å². The number of benzene rings is 4. The number of nitrogens with zero attached hydrogens (tertiary/aromatic N) is 2. The van der Waals surface area contributed by atoms with Crippen LogP contribution in [-0.2, 0) is 32.6 Å². The van der Waals surface area contributed by atoms with E-state index in [1.807, 2.05) is 75.4 Å². The minimum absolute atomic E-state index is 0.0163. The quantitative estimate of drug-likeness (QED) is 0.153. The van der Waals surface area contributed by atoms with Gasteiger partial charge in [-0.25, -0.2) is 8.42 Å². The smallest absolute Gasteiger partial charge is 0.264 e. The van der Waals surface area contributed by atoms with Crippen molar-refractivity contribution in [1.29, 1.82) is 0 Å². The zero-order chi connectivity index (χ0) is 33.1. The van der Waals surface area contributed by atoms with Crippen LogP contribution in [-0.4, -0.2) is 50.9 Å². The van der Waals surface area contributed by atoms with Gasteiger partial charge in [0.2, 0.25) is 11.8 Å². The van der Waals surface area contributed by atoms with Gasteiger partial charge in [-0.3, -0.25) is 13.9 Å². The second-order valence-corrected chi connectivity index (χ2v) is 14.0. The van der Waals surface area contributed by atoms with E-state index in [4.69, 9.17) is 4.74 Å². The summed E-state index contributed by atoms with van der Waals surface area (Å²) in [4.78, 5) is 29.9. The number of para-hydroxylation sites is 1. The van der Waals surface area contributed by atoms with Gasteiger partial charge in [0.25, 0.3) is 10.0 Å². The van der Waals surface area contributed by atoms with E-state index in [2.05, 4.69) is 21.2 Å². The lowest BCUT2D eigenvalue weighted by molar-refractivity contribution is -0.140. The molecule has 2 amide bonds. The Kier molecular flexibility index (Phi) is 12.4. The predicted octanol–water partition coefficient (Wildman–Crippen LogP) is 6.46. The molecule has 4 rings (SSSR count). The summed E-state index contributed by atoms with van der Waals surface area (Å²) < 4.78 is 35.8. The standard InChI is InChI=1S/C36H40BrN3O5S/c1-4-45-32-19-21-33(22-20-32)46(43,44)40(31-13-9-6-10-14-31)26-35(41)39(25-29-15-17-30(37)18-16-29)34(36(42)38-24-27(2)3)23-28-11-7-5-8-12-28/h5-22,27,34H,4,23-26H2,1-3H3,(H,38,42). The molecule has 0 saturated heterocycles. The summed E-state index contributed by atoms with van der Waals surface area (Å²) in [7, 11) is -4.20. The molecule has 0 aliphatic rings. The number of amides is 2. The van der Waals surface area contributed by atoms with Gasteiger partial charge in [-0.15, -0.1) is 0 Å². The van der Waals surface area contributed by atoms with Crippen LogP contribution in [0, 0.1) is 5.92 Å². The Balaban J connectivity index is 1.76. The number of hydrogen-bond donors (Lipinski definition) is 1. The Morgan fingerprint density at radius 3 is 2.02 bits per heavy atom. The highest BCUT2D eigenvalue weighted by Crippen LogP contribution is 2.26. The lowest BCUT2D eigenvalue weighted by Crippen LogP contribution is -2.53. The second-order valence-electron chi connectivity index (χ2n) is 11.2. The predicted molar refractivity (Wildman–Crippen MR) is 185 cm³/mol. The minimum Gasteiger partial charge on any atom is -0.494 e. The van der Waals surface area contributed by atoms with E-state index < -0.39 is 28.5 Å². The van der Waals surface area contributed by atoms with E-state index in [-0.39, 0.29) is 29.7 Å². The van der Waals surface area contributed by atoms with E-state index in [1.165, 1.54) is 17.0 Å². The number of sulfonamides is 1. The molecule has 0 aliphatic heterocycles. The molecule has 10 heteroatoms. The molecule has 0 heterocycles. The Morgan fingerprint density at radius 2 is 1.43 bits per heavy atom. The average Bonchev–Trinajstić information content (AvgIpc) is 3.06. The maximum absolute atomic E-state index is 14.5. The number of carbonyl (C=O) groups excluding carboxylic acids is 2. The number of halogens is 1. The van der Waals surface area contributed by atoms with Crippen LogP contribution in [0.1, 0.15) is 31.9 Å². The van der Waals surface area contributed by atoms with Crippen LogP contribution in [0.2, 0.25) is 0 Å². The van der Waals surface area contributed by atoms with Crippen molar-refractivity contribution in [2.45, 2.75) is 44.7 Å². The topological polar surface area (TPSA) is 96.0 Å². The summed E-state index contributed by atoms with van der Waals surface area (Å²) >= 11 is 3.46. The Bertz CT molecular complexity index is 1670. The van der Waals surface area contributed by atoms with E-state index in [0.717, 1.165) is 19.9 Å². The second kappa shape index (κ2) is 16.4. The molecule has 0 bridgehead atoms. The molecule has 46 heavy (non-hydrogen) atoms. The van der Waals surface area contributed by atoms with Crippen LogP contribution in [0.25, 0.3) is 0 Å². The van der Waals surface area contributed by atoms with E-state index >= 15 is 0 Å². The number of carbonyl (C=O) groups is 2. The Labute approximate surface area is 280 Å². The maximum atomic E-state index is 14.5. The first-order valence-electron chi connectivity index (χ1n) is 15.2. The van der Waals surface area contributed by atoms with Gasteiger partial charge < -0.3 is 15.0 Å². The first-order valence-corrected chi connectivity index (χ1v) is 17.5. The van der Waals surface area contributed by atoms with Gasteiger partial charge in [0.1, 0.15) is 18.3 Å². The fourth-order valence-electron chi connectivity index (χ4n) is 4.89. The van der Waals surface area contributed by atoms with E-state index in [0.29, 0.717) is 24.6 Å². The highest BCUT2D eigenvalue weighted by Gasteiger charge is 2.34. The number of anilines is 1. The zero-order valence-electron chi connectivity index (χ0n) is 26.3. The normalized spacial score (nSPS) is 11.9. The van der Waals surface area contributed by atoms with E-state index in [1.54, 1.807) is 42.5 Å². The lowest BCUT2D eigenvalue weighted by Gasteiger charge is -2.34. The van der Waals surface area contributed by atoms with E-state index in [9.17, 15) is 18.0 Å². The van der Waals surface area contributed by atoms with Crippen molar-refractivity contribution >= 4 is 43.5 Å². The molecule has 0 spiro atoms. The third-order valence-corrected chi connectivity index (χ3v) is 9.58. The third-order valence-electron chi connectivity index (χ3n) is 7.27. The third kappa shape index (κ3) is 9.43. The molecule has 1 unspecified atom stereocenters. The van der Waals surface area contributed by atoms with Crippen LogP contribution in [0.5, 0.6) is 5.75 Å². The summed E-state index contributed by atoms with van der Waals surface area (Å²) in [6.07, 6.45) is 0.254. The van der Waals surface area contributed by atoms with Crippen LogP contribution < -0.4 is 14.4 Å². The number of rotatable bonds is 15. The zero-order valence-corrected chi connectivity index (χ0v) is 28.7. The van der Waals surface area contributed by atoms with Crippen molar-refractivity contribution in [2.75, 3.05) is 24.0 Å². The fourth-order valence-corrected chi connectivity index (χ4v) is 6.57. The Hall–Kier alpha value is -4.15. The van der Waals surface area contributed by atoms with Gasteiger partial charge in [0, 0.05) is 24.0 Å². The summed E-state index contributed by atoms with van der Waals surface area (Å²) in [5.41, 5.74) is 2.01. The van der Waals surface area contributed by atoms with Crippen LogP contribution in [0.4, 0.5) is 5.69 Å². The van der Waals surface area contributed by atoms with Crippen molar-refractivity contribution in [2.24, 2.45) is 5.92 Å². The van der Waals surface area contributed by atoms with Crippen LogP contribution >= 0.6 is 15.9 Å². The SMILES string of the molecule is CCOc1ccc(S(=O)(=O)N(CC(=O)N(Cc2ccc(Br)cc2)C(Cc2ccccc2)C(=O)NCC(C)C)c2ccccc2)cc1. The first-order chi connectivity index (χ1) is 22.1. The highest BCUT2D eigenvalue weighted by molar-refractivity contribution is 9.10. The molecule has 1 atom stereocenters. The molecule has 0 fully saturated rings. The average molecular weight is 707 g/mol. The summed E-state index contributed by atoms with van der Waals surface area (Å²) in [5.74, 6) is -0.0732. The molecule has 0 saturated carbocycles. The number of hydrogen-bond acceptors (Lipinski definition) is 5. The van der Waals surface area contributed by atoms with Crippen molar-refractivity contribution in [3.05, 3.63) is 125 Å². The molecule has 0 aliphatic carbocycles. The molecule has 0 aromatic heterocycles. The first kappa shape index (κ1) is 34.7. The summed E-state index contributed by atoms with van der Waals surface area (Å²) in [5, 5.41) is 3.01. The molecule has 4 aromatic rings. The molecule has 0 radical (unpaired) electrons. The minimum atomic E-state index is -4.20. The lowest BCUT2D eigenvalue weighted by atomic mass is 10.0. The number of nitrogens with one attached hydrogen (secondary N) is 1. The number of ether oxygens (including phenoxy) is 1. The van der Waals surface area contributed by atoms with Gasteiger partial charge in [-0.1, -0.05) is 90.4 Å². The molecule has 8 nitrogen and oxygen atoms in total. The maximum Gasteiger partial charge on any atom is 0.264 e. The molecular formula is C36H40BrN3O5S. The fraction of sp³-hybridized carbons (Fsp3) is 0.278. The highest BCUT2D eigenvalue weighted by atomic mass is 79.9. The molecule has 4 aromatic carbocycles. The van der Waals surface area contributed by atoms with Gasteiger partial charge in [-0.05, 0) is 72.5 Å². The Morgan fingerprint density at radius 1 is 0.826 bits per heavy atom.